The van der Waals surface area contributed by atoms with Crippen LogP contribution in [0, 0.1) is 75.9 Å². The van der Waals surface area contributed by atoms with Gasteiger partial charge in [0.15, 0.2) is 0 Å². The lowest BCUT2D eigenvalue weighted by molar-refractivity contribution is 0.0862. The van der Waals surface area contributed by atoms with Crippen molar-refractivity contribution in [3.05, 3.63) is 94.7 Å². The minimum atomic E-state index is -0.605. The second-order valence-electron chi connectivity index (χ2n) is 22.4. The van der Waals surface area contributed by atoms with E-state index in [4.69, 9.17) is 0 Å². The van der Waals surface area contributed by atoms with E-state index in [1.54, 1.807) is 11.1 Å². The molecule has 0 aromatic rings. The lowest BCUT2D eigenvalue weighted by atomic mass is 9.61. The van der Waals surface area contributed by atoms with Crippen LogP contribution in [0.3, 0.4) is 0 Å². The molecule has 6 unspecified atom stereocenters. The summed E-state index contributed by atoms with van der Waals surface area (Å²) >= 11 is 0. The highest BCUT2D eigenvalue weighted by Crippen LogP contribution is 2.60. The van der Waals surface area contributed by atoms with Crippen LogP contribution < -0.4 is 0 Å². The van der Waals surface area contributed by atoms with E-state index in [1.807, 2.05) is 0 Å². The summed E-state index contributed by atoms with van der Waals surface area (Å²) in [7, 11) is 0. The fraction of sp³-hybridized carbons (Fsp3) is 0.719. The smallest absolute Gasteiger partial charge is 0.0811 e. The maximum Gasteiger partial charge on any atom is 0.0811 e. The largest absolute Gasteiger partial charge is 0.393 e. The van der Waals surface area contributed by atoms with Gasteiger partial charge in [-0.2, -0.15) is 0 Å². The molecule has 4 fully saturated rings. The number of hydrogen-bond donors (Lipinski definition) is 3. The molecule has 3 nitrogen and oxygen atoms in total. The van der Waals surface area contributed by atoms with Gasteiger partial charge in [0.05, 0.1) is 18.3 Å². The third kappa shape index (κ3) is 11.3. The van der Waals surface area contributed by atoms with Crippen molar-refractivity contribution in [3.63, 3.8) is 0 Å². The predicted molar refractivity (Wildman–Crippen MR) is 257 cm³/mol. The fourth-order valence-electron chi connectivity index (χ4n) is 12.7. The van der Waals surface area contributed by atoms with Gasteiger partial charge in [0.1, 0.15) is 0 Å². The average Bonchev–Trinajstić information content (AvgIpc) is 3.74. The van der Waals surface area contributed by atoms with Crippen LogP contribution >= 0.6 is 0 Å². The van der Waals surface area contributed by atoms with Gasteiger partial charge >= 0.3 is 0 Å². The molecular weight excluding hydrogens is 733 g/mol. The molecule has 0 aromatic carbocycles. The molecular formula is C57H90O3. The molecule has 0 bridgehead atoms. The quantitative estimate of drug-likeness (QED) is 0.182. The van der Waals surface area contributed by atoms with Crippen LogP contribution in [0.4, 0.5) is 0 Å². The van der Waals surface area contributed by atoms with E-state index in [2.05, 4.69) is 144 Å². The van der Waals surface area contributed by atoms with Crippen molar-refractivity contribution in [2.75, 3.05) is 0 Å². The van der Waals surface area contributed by atoms with Crippen LogP contribution in [-0.4, -0.2) is 33.6 Å². The Morgan fingerprint density at radius 3 is 1.87 bits per heavy atom. The highest BCUT2D eigenvalue weighted by molar-refractivity contribution is 5.39. The summed E-state index contributed by atoms with van der Waals surface area (Å²) in [6.07, 6.45) is 34.8. The van der Waals surface area contributed by atoms with E-state index in [1.165, 1.54) is 68.9 Å². The molecule has 14 atom stereocenters. The van der Waals surface area contributed by atoms with Gasteiger partial charge in [0.25, 0.3) is 0 Å². The van der Waals surface area contributed by atoms with Crippen molar-refractivity contribution >= 4 is 0 Å². The van der Waals surface area contributed by atoms with Gasteiger partial charge in [-0.1, -0.05) is 149 Å². The van der Waals surface area contributed by atoms with Crippen LogP contribution in [0.1, 0.15) is 167 Å². The van der Waals surface area contributed by atoms with Crippen molar-refractivity contribution in [2.24, 2.45) is 75.9 Å². The monoisotopic (exact) mass is 823 g/mol. The SMILES string of the molecule is C=C1/C(=C\C=C2/CCCC3(C)C2CCC3[C@H](C)/C=C/[C@H](C)C(C)C)C[C@@H](O)C[C@@H]1O.CC1=C(/C=C\C2=CCCC3(C)C2CCC3[C@H](C)/C=C/[C@H](C)C(C)C)C[C@@H](O)C[C@@H]1C. The highest BCUT2D eigenvalue weighted by atomic mass is 16.3. The zero-order valence-electron chi connectivity index (χ0n) is 40.5. The summed E-state index contributed by atoms with van der Waals surface area (Å²) in [5, 5.41) is 30.4. The van der Waals surface area contributed by atoms with Gasteiger partial charge in [-0.3, -0.25) is 0 Å². The molecule has 0 saturated heterocycles. The topological polar surface area (TPSA) is 60.7 Å². The third-order valence-corrected chi connectivity index (χ3v) is 17.8. The van der Waals surface area contributed by atoms with E-state index in [-0.39, 0.29) is 6.10 Å². The lowest BCUT2D eigenvalue weighted by Crippen LogP contribution is -2.35. The Kier molecular flexibility index (Phi) is 17.1. The Labute approximate surface area is 369 Å². The molecule has 3 heteroatoms. The predicted octanol–water partition coefficient (Wildman–Crippen LogP) is 14.5. The number of allylic oxidation sites excluding steroid dienone is 12. The van der Waals surface area contributed by atoms with Crippen LogP contribution in [0.5, 0.6) is 0 Å². The second kappa shape index (κ2) is 21.0. The Balaban J connectivity index is 0.000000228. The molecule has 6 aliphatic rings. The summed E-state index contributed by atoms with van der Waals surface area (Å²) in [5.74, 6) is 7.39. The van der Waals surface area contributed by atoms with E-state index in [9.17, 15) is 15.3 Å². The molecule has 0 radical (unpaired) electrons. The fourth-order valence-corrected chi connectivity index (χ4v) is 12.7. The zero-order chi connectivity index (χ0) is 44.1. The Hall–Kier alpha value is -2.20. The van der Waals surface area contributed by atoms with Crippen molar-refractivity contribution < 1.29 is 15.3 Å². The second-order valence-corrected chi connectivity index (χ2v) is 22.4. The zero-order valence-corrected chi connectivity index (χ0v) is 40.5. The van der Waals surface area contributed by atoms with Crippen molar-refractivity contribution in [2.45, 2.75) is 185 Å². The lowest BCUT2D eigenvalue weighted by Gasteiger charge is -2.44. The minimum absolute atomic E-state index is 0.175. The minimum Gasteiger partial charge on any atom is -0.393 e. The molecule has 0 amide bonds. The number of hydrogen-bond acceptors (Lipinski definition) is 3. The van der Waals surface area contributed by atoms with Gasteiger partial charge in [-0.05, 0) is 182 Å². The number of aliphatic hydroxyl groups excluding tert-OH is 3. The van der Waals surface area contributed by atoms with Crippen LogP contribution in [0.2, 0.25) is 0 Å². The Morgan fingerprint density at radius 1 is 0.700 bits per heavy atom. The molecule has 336 valence electrons. The maximum absolute atomic E-state index is 10.2. The number of fused-ring (bicyclic) bond motifs is 2. The molecule has 0 aliphatic heterocycles. The number of aliphatic hydroxyl groups is 3. The summed E-state index contributed by atoms with van der Waals surface area (Å²) in [6, 6.07) is 0. The van der Waals surface area contributed by atoms with Gasteiger partial charge in [-0.15, -0.1) is 0 Å². The van der Waals surface area contributed by atoms with Gasteiger partial charge < -0.3 is 15.3 Å². The van der Waals surface area contributed by atoms with Crippen LogP contribution in [-0.2, 0) is 0 Å². The molecule has 0 aromatic heterocycles. The summed E-state index contributed by atoms with van der Waals surface area (Å²) in [6.45, 7) is 32.5. The molecule has 60 heavy (non-hydrogen) atoms. The summed E-state index contributed by atoms with van der Waals surface area (Å²) in [5.41, 5.74) is 8.59. The summed E-state index contributed by atoms with van der Waals surface area (Å²) in [4.78, 5) is 0. The molecule has 6 aliphatic carbocycles. The van der Waals surface area contributed by atoms with Crippen molar-refractivity contribution in [1.82, 2.24) is 0 Å². The molecule has 4 saturated carbocycles. The van der Waals surface area contributed by atoms with E-state index in [0.717, 1.165) is 35.8 Å². The Bertz CT molecular complexity index is 1680. The first-order valence-corrected chi connectivity index (χ1v) is 24.8. The first-order chi connectivity index (χ1) is 28.3. The molecule has 6 rings (SSSR count). The van der Waals surface area contributed by atoms with E-state index < -0.39 is 12.2 Å². The van der Waals surface area contributed by atoms with Gasteiger partial charge in [0, 0.05) is 6.42 Å². The van der Waals surface area contributed by atoms with Crippen LogP contribution in [0.15, 0.2) is 94.7 Å². The van der Waals surface area contributed by atoms with Gasteiger partial charge in [-0.25, -0.2) is 0 Å². The first kappa shape index (κ1) is 48.8. The van der Waals surface area contributed by atoms with Crippen molar-refractivity contribution in [1.29, 1.82) is 0 Å². The number of rotatable bonds is 11. The van der Waals surface area contributed by atoms with Crippen molar-refractivity contribution in [3.8, 4) is 0 Å². The van der Waals surface area contributed by atoms with Gasteiger partial charge in [0.2, 0.25) is 0 Å². The first-order valence-electron chi connectivity index (χ1n) is 24.8. The maximum atomic E-state index is 10.2. The normalized spacial score (nSPS) is 38.5. The molecule has 0 spiro atoms. The highest BCUT2D eigenvalue weighted by Gasteiger charge is 2.51. The van der Waals surface area contributed by atoms with E-state index in [0.29, 0.717) is 76.9 Å². The average molecular weight is 823 g/mol. The molecule has 3 N–H and O–H groups in total. The Morgan fingerprint density at radius 2 is 1.27 bits per heavy atom. The standard InChI is InChI=1S/C29H46O.C28H44O2/c1-19(2)20(3)10-11-21(4)27-14-15-28-24(9-8-16-29(27,28)7)12-13-25-18-26(30)17-22(5)23(25)6;1-18(2)19(3)9-10-20(4)25-13-14-26-22(8-7-15-28(25,26)6)11-12-23-16-24(29)17-27(30)21(23)5/h9-13,19-22,26-28,30H,8,14-18H2,1-7H3;9-12,18-20,24-27,29-30H,5,7-8,13-17H2,1-4,6H3/b11-10+,13-12-;10-9+,22-11+,23-12-/t20-,21+,22-,26-,27?,28?,29?;19-,20+,24+,25?,26?,27-,28?/m00/s1. The van der Waals surface area contributed by atoms with E-state index >= 15 is 0 Å². The summed E-state index contributed by atoms with van der Waals surface area (Å²) < 4.78 is 0. The third-order valence-electron chi connectivity index (χ3n) is 17.8. The van der Waals surface area contributed by atoms with Crippen LogP contribution in [0.25, 0.3) is 0 Å². The molecule has 0 heterocycles.